The first kappa shape index (κ1) is 10.1. The van der Waals surface area contributed by atoms with Gasteiger partial charge in [0.05, 0.1) is 0 Å². The number of carbonyl (C=O) groups is 1. The minimum Gasteiger partial charge on any atom is -0.299 e. The van der Waals surface area contributed by atoms with Crippen LogP contribution in [0.15, 0.2) is 0 Å². The van der Waals surface area contributed by atoms with E-state index < -0.39 is 0 Å². The van der Waals surface area contributed by atoms with Crippen molar-refractivity contribution >= 4 is 17.5 Å². The topological polar surface area (TPSA) is 17.1 Å². The third-order valence-electron chi connectivity index (χ3n) is 2.48. The van der Waals surface area contributed by atoms with Crippen LogP contribution in [-0.4, -0.2) is 17.3 Å². The summed E-state index contributed by atoms with van der Waals surface area (Å²) in [4.78, 5) is 11.2. The van der Waals surface area contributed by atoms with E-state index >= 15 is 0 Å². The second-order valence-corrected chi connectivity index (χ2v) is 4.79. The SMILES string of the molecule is CCSCCCC1CCCC1=O. The van der Waals surface area contributed by atoms with Gasteiger partial charge in [-0.05, 0) is 37.2 Å². The standard InChI is InChI=1S/C10H18OS/c1-2-12-8-4-6-9-5-3-7-10(9)11/h9H,2-8H2,1H3. The molecule has 12 heavy (non-hydrogen) atoms. The van der Waals surface area contributed by atoms with Gasteiger partial charge >= 0.3 is 0 Å². The summed E-state index contributed by atoms with van der Waals surface area (Å²) in [5.74, 6) is 3.40. The summed E-state index contributed by atoms with van der Waals surface area (Å²) >= 11 is 1.98. The van der Waals surface area contributed by atoms with Crippen molar-refractivity contribution < 1.29 is 4.79 Å². The molecule has 2 heteroatoms. The molecule has 70 valence electrons. The summed E-state index contributed by atoms with van der Waals surface area (Å²) in [7, 11) is 0. The largest absolute Gasteiger partial charge is 0.299 e. The molecule has 1 fully saturated rings. The molecule has 1 saturated carbocycles. The Hall–Kier alpha value is 0.0200. The van der Waals surface area contributed by atoms with Gasteiger partial charge in [-0.1, -0.05) is 6.92 Å². The molecule has 1 aliphatic carbocycles. The molecule has 1 nitrogen and oxygen atoms in total. The van der Waals surface area contributed by atoms with Crippen LogP contribution in [0, 0.1) is 5.92 Å². The molecular weight excluding hydrogens is 168 g/mol. The lowest BCUT2D eigenvalue weighted by molar-refractivity contribution is -0.120. The van der Waals surface area contributed by atoms with E-state index in [0.29, 0.717) is 11.7 Å². The highest BCUT2D eigenvalue weighted by atomic mass is 32.2. The highest BCUT2D eigenvalue weighted by Crippen LogP contribution is 2.25. The van der Waals surface area contributed by atoms with Gasteiger partial charge in [0.2, 0.25) is 0 Å². The molecule has 0 aromatic heterocycles. The third kappa shape index (κ3) is 3.18. The van der Waals surface area contributed by atoms with Crippen molar-refractivity contribution in [2.75, 3.05) is 11.5 Å². The van der Waals surface area contributed by atoms with Crippen molar-refractivity contribution in [2.45, 2.75) is 39.0 Å². The van der Waals surface area contributed by atoms with Crippen LogP contribution in [0.25, 0.3) is 0 Å². The van der Waals surface area contributed by atoms with Crippen molar-refractivity contribution in [3.05, 3.63) is 0 Å². The summed E-state index contributed by atoms with van der Waals surface area (Å²) in [6.07, 6.45) is 5.53. The Bertz CT molecular complexity index is 145. The van der Waals surface area contributed by atoms with E-state index in [0.717, 1.165) is 25.7 Å². The van der Waals surface area contributed by atoms with Gasteiger partial charge in [0.15, 0.2) is 0 Å². The zero-order chi connectivity index (χ0) is 8.81. The summed E-state index contributed by atoms with van der Waals surface area (Å²) < 4.78 is 0. The zero-order valence-corrected chi connectivity index (χ0v) is 8.66. The molecule has 0 saturated heterocycles. The number of Topliss-reactive ketones (excluding diaryl/α,β-unsaturated/α-hetero) is 1. The predicted octanol–water partition coefficient (Wildman–Crippen LogP) is 2.89. The fourth-order valence-corrected chi connectivity index (χ4v) is 2.43. The van der Waals surface area contributed by atoms with Crippen molar-refractivity contribution in [1.29, 1.82) is 0 Å². The first-order valence-corrected chi connectivity index (χ1v) is 6.10. The van der Waals surface area contributed by atoms with Crippen molar-refractivity contribution in [1.82, 2.24) is 0 Å². The van der Waals surface area contributed by atoms with Crippen LogP contribution >= 0.6 is 11.8 Å². The lowest BCUT2D eigenvalue weighted by Gasteiger charge is -2.05. The van der Waals surface area contributed by atoms with Gasteiger partial charge in [-0.2, -0.15) is 11.8 Å². The molecule has 0 amide bonds. The van der Waals surface area contributed by atoms with E-state index in [-0.39, 0.29) is 0 Å². The third-order valence-corrected chi connectivity index (χ3v) is 3.46. The van der Waals surface area contributed by atoms with E-state index in [9.17, 15) is 4.79 Å². The molecule has 1 atom stereocenters. The Labute approximate surface area is 79.3 Å². The molecule has 0 spiro atoms. The zero-order valence-electron chi connectivity index (χ0n) is 7.84. The average Bonchev–Trinajstić information content (AvgIpc) is 2.46. The number of thioether (sulfide) groups is 1. The predicted molar refractivity (Wildman–Crippen MR) is 54.6 cm³/mol. The van der Waals surface area contributed by atoms with Gasteiger partial charge < -0.3 is 0 Å². The normalized spacial score (nSPS) is 23.4. The van der Waals surface area contributed by atoms with Crippen molar-refractivity contribution in [3.63, 3.8) is 0 Å². The van der Waals surface area contributed by atoms with E-state index in [1.54, 1.807) is 0 Å². The van der Waals surface area contributed by atoms with Gasteiger partial charge in [0.25, 0.3) is 0 Å². The lowest BCUT2D eigenvalue weighted by Crippen LogP contribution is -2.06. The Kier molecular flexibility index (Phi) is 4.74. The monoisotopic (exact) mass is 186 g/mol. The summed E-state index contributed by atoms with van der Waals surface area (Å²) in [6.45, 7) is 2.19. The van der Waals surface area contributed by atoms with Gasteiger partial charge in [-0.3, -0.25) is 4.79 Å². The molecule has 1 aliphatic rings. The molecule has 0 radical (unpaired) electrons. The van der Waals surface area contributed by atoms with Crippen molar-refractivity contribution in [2.24, 2.45) is 5.92 Å². The van der Waals surface area contributed by atoms with Crippen LogP contribution in [-0.2, 0) is 4.79 Å². The summed E-state index contributed by atoms with van der Waals surface area (Å²) in [5.41, 5.74) is 0. The number of carbonyl (C=O) groups excluding carboxylic acids is 1. The van der Waals surface area contributed by atoms with Crippen LogP contribution < -0.4 is 0 Å². The Morgan fingerprint density at radius 3 is 3.00 bits per heavy atom. The Morgan fingerprint density at radius 2 is 2.42 bits per heavy atom. The molecule has 0 N–H and O–H groups in total. The van der Waals surface area contributed by atoms with E-state index in [1.807, 2.05) is 11.8 Å². The molecule has 0 aliphatic heterocycles. The molecule has 0 bridgehead atoms. The maximum absolute atomic E-state index is 11.2. The summed E-state index contributed by atoms with van der Waals surface area (Å²) in [6, 6.07) is 0. The average molecular weight is 186 g/mol. The van der Waals surface area contributed by atoms with Gasteiger partial charge in [-0.25, -0.2) is 0 Å². The van der Waals surface area contributed by atoms with E-state index in [2.05, 4.69) is 6.92 Å². The van der Waals surface area contributed by atoms with Crippen LogP contribution in [0.2, 0.25) is 0 Å². The maximum Gasteiger partial charge on any atom is 0.135 e. The van der Waals surface area contributed by atoms with E-state index in [4.69, 9.17) is 0 Å². The Balaban J connectivity index is 2.02. The van der Waals surface area contributed by atoms with Crippen LogP contribution in [0.4, 0.5) is 0 Å². The van der Waals surface area contributed by atoms with Crippen LogP contribution in [0.3, 0.4) is 0 Å². The van der Waals surface area contributed by atoms with Gasteiger partial charge in [-0.15, -0.1) is 0 Å². The molecule has 1 rings (SSSR count). The second kappa shape index (κ2) is 5.63. The quantitative estimate of drug-likeness (QED) is 0.614. The first-order valence-electron chi connectivity index (χ1n) is 4.95. The molecule has 0 heterocycles. The first-order chi connectivity index (χ1) is 5.84. The highest BCUT2D eigenvalue weighted by Gasteiger charge is 2.23. The minimum atomic E-state index is 0.433. The number of hydrogen-bond donors (Lipinski definition) is 0. The lowest BCUT2D eigenvalue weighted by atomic mass is 10.0. The number of rotatable bonds is 5. The second-order valence-electron chi connectivity index (χ2n) is 3.39. The molecule has 1 unspecified atom stereocenters. The number of ketones is 1. The van der Waals surface area contributed by atoms with Gasteiger partial charge in [0.1, 0.15) is 5.78 Å². The minimum absolute atomic E-state index is 0.433. The molecular formula is C10H18OS. The van der Waals surface area contributed by atoms with Gasteiger partial charge in [0, 0.05) is 12.3 Å². The van der Waals surface area contributed by atoms with E-state index in [1.165, 1.54) is 17.9 Å². The van der Waals surface area contributed by atoms with Crippen LogP contribution in [0.1, 0.15) is 39.0 Å². The summed E-state index contributed by atoms with van der Waals surface area (Å²) in [5, 5.41) is 0. The maximum atomic E-state index is 11.2. The fraction of sp³-hybridized carbons (Fsp3) is 0.900. The molecule has 0 aromatic carbocycles. The fourth-order valence-electron chi connectivity index (χ4n) is 1.77. The molecule has 0 aromatic rings. The number of hydrogen-bond acceptors (Lipinski definition) is 2. The smallest absolute Gasteiger partial charge is 0.135 e. The Morgan fingerprint density at radius 1 is 1.58 bits per heavy atom. The van der Waals surface area contributed by atoms with Crippen LogP contribution in [0.5, 0.6) is 0 Å². The highest BCUT2D eigenvalue weighted by molar-refractivity contribution is 7.99. The van der Waals surface area contributed by atoms with Crippen molar-refractivity contribution in [3.8, 4) is 0 Å².